The summed E-state index contributed by atoms with van der Waals surface area (Å²) in [6.45, 7) is 4.71. The molecule has 30 heavy (non-hydrogen) atoms. The van der Waals surface area contributed by atoms with Gasteiger partial charge in [0.2, 0.25) is 11.8 Å². The Labute approximate surface area is 177 Å². The molecule has 160 valence electrons. The molecule has 2 fully saturated rings. The van der Waals surface area contributed by atoms with Crippen LogP contribution in [-0.2, 0) is 9.47 Å². The quantitative estimate of drug-likeness (QED) is 0.655. The maximum absolute atomic E-state index is 12.4. The molecule has 0 N–H and O–H groups in total. The molecule has 1 aliphatic carbocycles. The Morgan fingerprint density at radius 1 is 1.13 bits per heavy atom. The summed E-state index contributed by atoms with van der Waals surface area (Å²) in [5, 5.41) is 0. The zero-order valence-corrected chi connectivity index (χ0v) is 17.5. The van der Waals surface area contributed by atoms with E-state index in [0.29, 0.717) is 43.9 Å². The molecule has 1 aliphatic heterocycles. The highest BCUT2D eigenvalue weighted by molar-refractivity contribution is 5.91. The minimum atomic E-state index is -0.486. The van der Waals surface area contributed by atoms with Crippen LogP contribution in [0.15, 0.2) is 30.5 Å². The fourth-order valence-corrected chi connectivity index (χ4v) is 4.06. The Bertz CT molecular complexity index is 844. The number of nitrogens with zero attached hydrogens (tertiary/aromatic N) is 3. The van der Waals surface area contributed by atoms with Crippen LogP contribution < -0.4 is 9.64 Å². The van der Waals surface area contributed by atoms with Crippen molar-refractivity contribution >= 4 is 11.9 Å². The molecule has 1 saturated carbocycles. The maximum Gasteiger partial charge on any atom is 0.345 e. The number of morpholine rings is 1. The van der Waals surface area contributed by atoms with E-state index < -0.39 is 5.97 Å². The van der Waals surface area contributed by atoms with Crippen LogP contribution >= 0.6 is 0 Å². The molecule has 0 unspecified atom stereocenters. The number of aromatic nitrogens is 2. The molecule has 0 amide bonds. The standard InChI is InChI=1S/C23H29N3O4/c1-2-29-22(27)20-16-24-23(26-12-14-28-15-13-26)25-21(20)30-19-10-8-18(9-11-19)17-6-4-3-5-7-17/h8-11,16-17H,2-7,12-15H2,1H3. The van der Waals surface area contributed by atoms with Gasteiger partial charge < -0.3 is 19.1 Å². The smallest absolute Gasteiger partial charge is 0.345 e. The van der Waals surface area contributed by atoms with Crippen molar-refractivity contribution in [1.29, 1.82) is 0 Å². The number of carbonyl (C=O) groups excluding carboxylic acids is 1. The summed E-state index contributed by atoms with van der Waals surface area (Å²) in [6, 6.07) is 8.16. The lowest BCUT2D eigenvalue weighted by Crippen LogP contribution is -2.37. The molecule has 2 aliphatic rings. The Morgan fingerprint density at radius 3 is 2.57 bits per heavy atom. The third kappa shape index (κ3) is 4.90. The molecular weight excluding hydrogens is 382 g/mol. The van der Waals surface area contributed by atoms with Gasteiger partial charge in [-0.3, -0.25) is 0 Å². The minimum Gasteiger partial charge on any atom is -0.462 e. The number of hydrogen-bond donors (Lipinski definition) is 0. The van der Waals surface area contributed by atoms with Crippen LogP contribution in [-0.4, -0.2) is 48.8 Å². The van der Waals surface area contributed by atoms with Crippen molar-refractivity contribution in [2.24, 2.45) is 0 Å². The van der Waals surface area contributed by atoms with E-state index in [1.807, 2.05) is 17.0 Å². The number of rotatable bonds is 6. The molecule has 7 heteroatoms. The molecule has 7 nitrogen and oxygen atoms in total. The number of carbonyl (C=O) groups is 1. The normalized spacial score (nSPS) is 17.6. The summed E-state index contributed by atoms with van der Waals surface area (Å²) in [4.78, 5) is 23.3. The van der Waals surface area contributed by atoms with Gasteiger partial charge in [-0.25, -0.2) is 9.78 Å². The molecule has 0 radical (unpaired) electrons. The average molecular weight is 412 g/mol. The van der Waals surface area contributed by atoms with Gasteiger partial charge in [0.15, 0.2) is 0 Å². The topological polar surface area (TPSA) is 73.8 Å². The van der Waals surface area contributed by atoms with E-state index in [9.17, 15) is 4.79 Å². The predicted molar refractivity (Wildman–Crippen MR) is 113 cm³/mol. The maximum atomic E-state index is 12.4. The van der Waals surface area contributed by atoms with Gasteiger partial charge in [0.05, 0.1) is 26.0 Å². The van der Waals surface area contributed by atoms with Crippen molar-refractivity contribution < 1.29 is 19.0 Å². The summed E-state index contributed by atoms with van der Waals surface area (Å²) in [5.74, 6) is 1.54. The van der Waals surface area contributed by atoms with E-state index in [2.05, 4.69) is 22.1 Å². The van der Waals surface area contributed by atoms with Gasteiger partial charge in [-0.1, -0.05) is 31.4 Å². The summed E-state index contributed by atoms with van der Waals surface area (Å²) in [7, 11) is 0. The van der Waals surface area contributed by atoms with Gasteiger partial charge in [-0.15, -0.1) is 0 Å². The van der Waals surface area contributed by atoms with Crippen molar-refractivity contribution in [2.45, 2.75) is 44.9 Å². The molecule has 1 aromatic heterocycles. The van der Waals surface area contributed by atoms with E-state index in [0.717, 1.165) is 0 Å². The van der Waals surface area contributed by atoms with Gasteiger partial charge in [0, 0.05) is 13.1 Å². The number of benzene rings is 1. The van der Waals surface area contributed by atoms with Crippen LogP contribution in [0, 0.1) is 0 Å². The summed E-state index contributed by atoms with van der Waals surface area (Å²) >= 11 is 0. The zero-order valence-electron chi connectivity index (χ0n) is 17.5. The molecule has 2 heterocycles. The first kappa shape index (κ1) is 20.6. The first-order valence-electron chi connectivity index (χ1n) is 10.9. The average Bonchev–Trinajstić information content (AvgIpc) is 2.81. The molecule has 4 rings (SSSR count). The van der Waals surface area contributed by atoms with Crippen molar-refractivity contribution in [3.63, 3.8) is 0 Å². The molecule has 0 atom stereocenters. The largest absolute Gasteiger partial charge is 0.462 e. The fraction of sp³-hybridized carbons (Fsp3) is 0.522. The third-order valence-corrected chi connectivity index (χ3v) is 5.70. The summed E-state index contributed by atoms with van der Waals surface area (Å²) < 4.78 is 16.6. The summed E-state index contributed by atoms with van der Waals surface area (Å²) in [6.07, 6.45) is 7.94. The third-order valence-electron chi connectivity index (χ3n) is 5.70. The second-order valence-corrected chi connectivity index (χ2v) is 7.71. The molecule has 1 saturated heterocycles. The molecule has 1 aromatic carbocycles. The van der Waals surface area contributed by atoms with Crippen LogP contribution in [0.25, 0.3) is 0 Å². The van der Waals surface area contributed by atoms with Crippen LogP contribution in [0.3, 0.4) is 0 Å². The van der Waals surface area contributed by atoms with Crippen molar-refractivity contribution in [1.82, 2.24) is 9.97 Å². The Kier molecular flexibility index (Phi) is 6.79. The Balaban J connectivity index is 1.56. The van der Waals surface area contributed by atoms with Gasteiger partial charge in [-0.05, 0) is 43.4 Å². The van der Waals surface area contributed by atoms with Crippen LogP contribution in [0.4, 0.5) is 5.95 Å². The van der Waals surface area contributed by atoms with Crippen molar-refractivity contribution in [2.75, 3.05) is 37.8 Å². The number of hydrogen-bond acceptors (Lipinski definition) is 7. The van der Waals surface area contributed by atoms with Crippen molar-refractivity contribution in [3.8, 4) is 11.6 Å². The second kappa shape index (κ2) is 9.89. The fourth-order valence-electron chi connectivity index (χ4n) is 4.06. The molecule has 0 spiro atoms. The van der Waals surface area contributed by atoms with Gasteiger partial charge in [0.25, 0.3) is 0 Å². The first-order chi connectivity index (χ1) is 14.7. The monoisotopic (exact) mass is 411 g/mol. The van der Waals surface area contributed by atoms with Gasteiger partial charge >= 0.3 is 5.97 Å². The minimum absolute atomic E-state index is 0.218. The van der Waals surface area contributed by atoms with E-state index in [1.165, 1.54) is 43.9 Å². The van der Waals surface area contributed by atoms with E-state index >= 15 is 0 Å². The molecule has 2 aromatic rings. The van der Waals surface area contributed by atoms with E-state index in [1.54, 1.807) is 6.92 Å². The van der Waals surface area contributed by atoms with Crippen molar-refractivity contribution in [3.05, 3.63) is 41.6 Å². The number of esters is 1. The molecular formula is C23H29N3O4. The lowest BCUT2D eigenvalue weighted by Gasteiger charge is -2.27. The lowest BCUT2D eigenvalue weighted by atomic mass is 9.84. The highest BCUT2D eigenvalue weighted by Gasteiger charge is 2.22. The first-order valence-corrected chi connectivity index (χ1v) is 10.9. The SMILES string of the molecule is CCOC(=O)c1cnc(N2CCOCC2)nc1Oc1ccc(C2CCCCC2)cc1. The highest BCUT2D eigenvalue weighted by atomic mass is 16.5. The van der Waals surface area contributed by atoms with Gasteiger partial charge in [-0.2, -0.15) is 4.98 Å². The molecule has 0 bridgehead atoms. The number of anilines is 1. The van der Waals surface area contributed by atoms with Crippen LogP contribution in [0.1, 0.15) is 60.9 Å². The Morgan fingerprint density at radius 2 is 1.87 bits per heavy atom. The number of ether oxygens (including phenoxy) is 3. The summed E-state index contributed by atoms with van der Waals surface area (Å²) in [5.41, 5.74) is 1.58. The Hall–Kier alpha value is -2.67. The highest BCUT2D eigenvalue weighted by Crippen LogP contribution is 2.34. The van der Waals surface area contributed by atoms with E-state index in [4.69, 9.17) is 14.2 Å². The van der Waals surface area contributed by atoms with E-state index in [-0.39, 0.29) is 18.1 Å². The zero-order chi connectivity index (χ0) is 20.8. The van der Waals surface area contributed by atoms with Crippen LogP contribution in [0.5, 0.6) is 11.6 Å². The lowest BCUT2D eigenvalue weighted by molar-refractivity contribution is 0.0522. The van der Waals surface area contributed by atoms with Crippen LogP contribution in [0.2, 0.25) is 0 Å². The second-order valence-electron chi connectivity index (χ2n) is 7.71. The predicted octanol–water partition coefficient (Wildman–Crippen LogP) is 4.33. The van der Waals surface area contributed by atoms with Gasteiger partial charge in [0.1, 0.15) is 11.3 Å².